The molecule has 2 aromatic heterocycles. The average Bonchev–Trinajstić information content (AvgIpc) is 2.72. The fourth-order valence-electron chi connectivity index (χ4n) is 3.76. The van der Waals surface area contributed by atoms with Gasteiger partial charge in [-0.05, 0) is 32.2 Å². The third-order valence-corrected chi connectivity index (χ3v) is 5.48. The number of nitrogens with zero attached hydrogens (tertiary/aromatic N) is 4. The number of piperazine rings is 1. The molecule has 0 unspecified atom stereocenters. The van der Waals surface area contributed by atoms with Gasteiger partial charge in [-0.25, -0.2) is 18.6 Å². The first-order valence-electron chi connectivity index (χ1n) is 9.45. The fourth-order valence-corrected chi connectivity index (χ4v) is 3.76. The first kappa shape index (κ1) is 20.0. The summed E-state index contributed by atoms with van der Waals surface area (Å²) in [4.78, 5) is 32.5. The molecule has 0 atom stereocenters. The van der Waals surface area contributed by atoms with Crippen molar-refractivity contribution in [2.45, 2.75) is 6.92 Å². The summed E-state index contributed by atoms with van der Waals surface area (Å²) in [6.45, 7) is 4.23. The van der Waals surface area contributed by atoms with Gasteiger partial charge in [0.05, 0.1) is 22.8 Å². The summed E-state index contributed by atoms with van der Waals surface area (Å²) in [5.41, 5.74) is -0.547. The molecule has 1 N–H and O–H groups in total. The Balaban J connectivity index is 2.03. The number of aryl methyl sites for hydroxylation is 1. The van der Waals surface area contributed by atoms with Crippen molar-refractivity contribution in [3.63, 3.8) is 0 Å². The van der Waals surface area contributed by atoms with E-state index in [1.54, 1.807) is 6.07 Å². The van der Waals surface area contributed by atoms with Crippen molar-refractivity contribution in [2.24, 2.45) is 0 Å². The molecule has 0 radical (unpaired) electrons. The molecule has 3 heterocycles. The minimum atomic E-state index is -1.43. The molecule has 1 aromatic carbocycles. The van der Waals surface area contributed by atoms with Crippen molar-refractivity contribution < 1.29 is 18.7 Å². The Bertz CT molecular complexity index is 1200. The van der Waals surface area contributed by atoms with Crippen molar-refractivity contribution in [1.29, 1.82) is 0 Å². The summed E-state index contributed by atoms with van der Waals surface area (Å²) in [5.74, 6) is -2.31. The number of carbonyl (C=O) groups is 1. The summed E-state index contributed by atoms with van der Waals surface area (Å²) in [6, 6.07) is 4.10. The number of carboxylic acids is 1. The number of aromatic nitrogens is 2. The number of benzene rings is 1. The van der Waals surface area contributed by atoms with Crippen molar-refractivity contribution >= 4 is 22.6 Å². The second-order valence-corrected chi connectivity index (χ2v) is 7.40. The summed E-state index contributed by atoms with van der Waals surface area (Å²) >= 11 is 0. The Labute approximate surface area is 170 Å². The van der Waals surface area contributed by atoms with Crippen LogP contribution in [0.3, 0.4) is 0 Å². The zero-order chi connectivity index (χ0) is 21.6. The number of fused-ring (bicyclic) bond motifs is 1. The Hall–Kier alpha value is -3.33. The molecule has 0 spiro atoms. The maximum absolute atomic E-state index is 15.3. The van der Waals surface area contributed by atoms with Crippen LogP contribution in [0.1, 0.15) is 15.9 Å². The SMILES string of the molecule is Cc1c(F)c(N2CCN(C)CC2)cc2c1c(=O)c(C(=O)O)cn2-c1ccc(F)cn1. The Morgan fingerprint density at radius 2 is 1.87 bits per heavy atom. The molecule has 4 rings (SSSR count). The molecule has 1 saturated heterocycles. The molecule has 9 heteroatoms. The predicted octanol–water partition coefficient (Wildman–Crippen LogP) is 2.42. The number of halogens is 2. The van der Waals surface area contributed by atoms with Gasteiger partial charge in [-0.3, -0.25) is 9.36 Å². The largest absolute Gasteiger partial charge is 0.477 e. The maximum Gasteiger partial charge on any atom is 0.341 e. The van der Waals surface area contributed by atoms with Crippen LogP contribution in [0.5, 0.6) is 0 Å². The van der Waals surface area contributed by atoms with E-state index in [4.69, 9.17) is 0 Å². The van der Waals surface area contributed by atoms with E-state index in [0.717, 1.165) is 25.5 Å². The molecule has 0 saturated carbocycles. The van der Waals surface area contributed by atoms with E-state index in [1.165, 1.54) is 23.6 Å². The smallest absolute Gasteiger partial charge is 0.341 e. The molecule has 0 amide bonds. The van der Waals surface area contributed by atoms with E-state index in [9.17, 15) is 19.1 Å². The third-order valence-electron chi connectivity index (χ3n) is 5.48. The molecule has 0 bridgehead atoms. The van der Waals surface area contributed by atoms with Gasteiger partial charge in [0.2, 0.25) is 5.43 Å². The summed E-state index contributed by atoms with van der Waals surface area (Å²) in [5, 5.41) is 9.45. The lowest BCUT2D eigenvalue weighted by Gasteiger charge is -2.34. The number of anilines is 1. The standard InChI is InChI=1S/C21H20F2N4O3/c1-12-18-15(9-16(19(12)23)26-7-5-25(2)6-8-26)27(11-14(20(18)28)21(29)30)17-4-3-13(22)10-24-17/h3-4,9-11H,5-8H2,1-2H3,(H,29,30). The highest BCUT2D eigenvalue weighted by molar-refractivity contribution is 5.95. The molecular weight excluding hydrogens is 394 g/mol. The third kappa shape index (κ3) is 3.30. The molecule has 3 aromatic rings. The van der Waals surface area contributed by atoms with Crippen LogP contribution in [0, 0.1) is 18.6 Å². The topological polar surface area (TPSA) is 78.7 Å². The van der Waals surface area contributed by atoms with Crippen LogP contribution in [0.25, 0.3) is 16.7 Å². The lowest BCUT2D eigenvalue weighted by atomic mass is 10.0. The lowest BCUT2D eigenvalue weighted by Crippen LogP contribution is -2.45. The van der Waals surface area contributed by atoms with E-state index < -0.39 is 28.6 Å². The van der Waals surface area contributed by atoms with E-state index in [1.807, 2.05) is 11.9 Å². The number of rotatable bonds is 3. The van der Waals surface area contributed by atoms with Gasteiger partial charge in [0.1, 0.15) is 23.0 Å². The van der Waals surface area contributed by atoms with E-state index in [0.29, 0.717) is 24.3 Å². The van der Waals surface area contributed by atoms with Crippen LogP contribution in [-0.4, -0.2) is 58.8 Å². The van der Waals surface area contributed by atoms with Gasteiger partial charge in [-0.2, -0.15) is 0 Å². The number of likely N-dealkylation sites (N-methyl/N-ethyl adjacent to an activating group) is 1. The van der Waals surface area contributed by atoms with Gasteiger partial charge in [-0.15, -0.1) is 0 Å². The maximum atomic E-state index is 15.3. The van der Waals surface area contributed by atoms with Gasteiger partial charge >= 0.3 is 5.97 Å². The number of pyridine rings is 2. The zero-order valence-electron chi connectivity index (χ0n) is 16.5. The van der Waals surface area contributed by atoms with Crippen molar-refractivity contribution in [3.05, 3.63) is 63.6 Å². The van der Waals surface area contributed by atoms with Crippen molar-refractivity contribution in [3.8, 4) is 5.82 Å². The van der Waals surface area contributed by atoms with Crippen LogP contribution in [0.2, 0.25) is 0 Å². The van der Waals surface area contributed by atoms with Crippen LogP contribution < -0.4 is 10.3 Å². The number of carboxylic acid groups (broad SMARTS) is 1. The second kappa shape index (κ2) is 7.49. The van der Waals surface area contributed by atoms with Gasteiger partial charge < -0.3 is 14.9 Å². The summed E-state index contributed by atoms with van der Waals surface area (Å²) in [6.07, 6.45) is 2.15. The molecule has 1 fully saturated rings. The lowest BCUT2D eigenvalue weighted by molar-refractivity contribution is 0.0695. The van der Waals surface area contributed by atoms with Gasteiger partial charge in [0.25, 0.3) is 0 Å². The summed E-state index contributed by atoms with van der Waals surface area (Å²) in [7, 11) is 1.99. The van der Waals surface area contributed by atoms with Crippen LogP contribution in [0.15, 0.2) is 35.4 Å². The number of aromatic carboxylic acids is 1. The highest BCUT2D eigenvalue weighted by Gasteiger charge is 2.24. The average molecular weight is 414 g/mol. The minimum Gasteiger partial charge on any atom is -0.477 e. The predicted molar refractivity (Wildman–Crippen MR) is 109 cm³/mol. The Kier molecular flexibility index (Phi) is 4.98. The minimum absolute atomic E-state index is 0.0311. The van der Waals surface area contributed by atoms with Crippen LogP contribution >= 0.6 is 0 Å². The molecule has 0 aliphatic carbocycles. The Morgan fingerprint density at radius 3 is 2.47 bits per heavy atom. The van der Waals surface area contributed by atoms with Gasteiger partial charge in [0.15, 0.2) is 0 Å². The first-order chi connectivity index (χ1) is 14.3. The van der Waals surface area contributed by atoms with Gasteiger partial charge in [-0.1, -0.05) is 0 Å². The normalized spacial score (nSPS) is 15.0. The molecule has 1 aliphatic rings. The molecule has 7 nitrogen and oxygen atoms in total. The molecule has 1 aliphatic heterocycles. The van der Waals surface area contributed by atoms with E-state index in [-0.39, 0.29) is 16.8 Å². The van der Waals surface area contributed by atoms with E-state index >= 15 is 4.39 Å². The number of hydrogen-bond donors (Lipinski definition) is 1. The highest BCUT2D eigenvalue weighted by atomic mass is 19.1. The first-order valence-corrected chi connectivity index (χ1v) is 9.45. The molecule has 156 valence electrons. The molecular formula is C21H20F2N4O3. The monoisotopic (exact) mass is 414 g/mol. The van der Waals surface area contributed by atoms with Gasteiger partial charge in [0, 0.05) is 37.9 Å². The second-order valence-electron chi connectivity index (χ2n) is 7.40. The zero-order valence-corrected chi connectivity index (χ0v) is 16.5. The van der Waals surface area contributed by atoms with Crippen LogP contribution in [-0.2, 0) is 0 Å². The number of hydrogen-bond acceptors (Lipinski definition) is 5. The van der Waals surface area contributed by atoms with Crippen LogP contribution in [0.4, 0.5) is 14.5 Å². The fraction of sp³-hybridized carbons (Fsp3) is 0.286. The van der Waals surface area contributed by atoms with Crippen molar-refractivity contribution in [2.75, 3.05) is 38.1 Å². The van der Waals surface area contributed by atoms with Crippen molar-refractivity contribution in [1.82, 2.24) is 14.5 Å². The quantitative estimate of drug-likeness (QED) is 0.709. The summed E-state index contributed by atoms with van der Waals surface area (Å²) < 4.78 is 30.1. The Morgan fingerprint density at radius 1 is 1.17 bits per heavy atom. The van der Waals surface area contributed by atoms with E-state index in [2.05, 4.69) is 9.88 Å². The molecule has 30 heavy (non-hydrogen) atoms. The highest BCUT2D eigenvalue weighted by Crippen LogP contribution is 2.30.